The van der Waals surface area contributed by atoms with Gasteiger partial charge in [-0.25, -0.2) is 13.6 Å². The number of hydrogen-bond donors (Lipinski definition) is 2. The summed E-state index contributed by atoms with van der Waals surface area (Å²) in [6.07, 6.45) is 0. The molecule has 0 bridgehead atoms. The number of halogens is 2. The standard InChI is InChI=1S/C8H7F2NO2/c1-3-6(9)4(8(12)13)2-5(11)7(3)10/h2H,11H2,1H3,(H,12,13). The van der Waals surface area contributed by atoms with E-state index < -0.39 is 23.2 Å². The molecule has 0 saturated carbocycles. The number of nitrogen functional groups attached to an aromatic ring is 1. The molecule has 0 atom stereocenters. The maximum absolute atomic E-state index is 13.0. The minimum absolute atomic E-state index is 0.365. The lowest BCUT2D eigenvalue weighted by Gasteiger charge is -2.05. The molecule has 1 aromatic rings. The Labute approximate surface area is 72.8 Å². The van der Waals surface area contributed by atoms with Gasteiger partial charge < -0.3 is 10.8 Å². The fraction of sp³-hybridized carbons (Fsp3) is 0.125. The molecule has 3 nitrogen and oxygen atoms in total. The molecular weight excluding hydrogens is 180 g/mol. The molecule has 1 rings (SSSR count). The maximum Gasteiger partial charge on any atom is 0.338 e. The fourth-order valence-corrected chi connectivity index (χ4v) is 0.953. The normalized spacial score (nSPS) is 10.1. The molecule has 0 aliphatic carbocycles. The highest BCUT2D eigenvalue weighted by atomic mass is 19.1. The Hall–Kier alpha value is -1.65. The Morgan fingerprint density at radius 3 is 2.46 bits per heavy atom. The van der Waals surface area contributed by atoms with Gasteiger partial charge in [-0.05, 0) is 13.0 Å². The molecule has 5 heteroatoms. The van der Waals surface area contributed by atoms with Crippen LogP contribution >= 0.6 is 0 Å². The van der Waals surface area contributed by atoms with Crippen molar-refractivity contribution in [3.63, 3.8) is 0 Å². The summed E-state index contributed by atoms with van der Waals surface area (Å²) in [5, 5.41) is 8.49. The first-order valence-electron chi connectivity index (χ1n) is 3.42. The van der Waals surface area contributed by atoms with Crippen molar-refractivity contribution in [2.75, 3.05) is 5.73 Å². The third-order valence-electron chi connectivity index (χ3n) is 1.68. The van der Waals surface area contributed by atoms with Crippen LogP contribution in [0.4, 0.5) is 14.5 Å². The van der Waals surface area contributed by atoms with Crippen LogP contribution in [0, 0.1) is 18.6 Å². The van der Waals surface area contributed by atoms with Gasteiger partial charge in [0.15, 0.2) is 5.82 Å². The highest BCUT2D eigenvalue weighted by molar-refractivity contribution is 5.89. The van der Waals surface area contributed by atoms with Gasteiger partial charge in [0.25, 0.3) is 0 Å². The van der Waals surface area contributed by atoms with Crippen LogP contribution in [-0.4, -0.2) is 11.1 Å². The number of benzene rings is 1. The number of rotatable bonds is 1. The van der Waals surface area contributed by atoms with Crippen LogP contribution in [0.5, 0.6) is 0 Å². The van der Waals surface area contributed by atoms with Crippen LogP contribution in [0.15, 0.2) is 6.07 Å². The first kappa shape index (κ1) is 9.44. The lowest BCUT2D eigenvalue weighted by molar-refractivity contribution is 0.0691. The summed E-state index contributed by atoms with van der Waals surface area (Å²) < 4.78 is 25.9. The van der Waals surface area contributed by atoms with E-state index in [1.165, 1.54) is 0 Å². The predicted molar refractivity (Wildman–Crippen MR) is 42.5 cm³/mol. The summed E-state index contributed by atoms with van der Waals surface area (Å²) in [6.45, 7) is 1.13. The molecule has 0 radical (unpaired) electrons. The number of anilines is 1. The molecule has 0 aliphatic heterocycles. The van der Waals surface area contributed by atoms with E-state index in [9.17, 15) is 13.6 Å². The van der Waals surface area contributed by atoms with Crippen LogP contribution in [0.2, 0.25) is 0 Å². The zero-order valence-corrected chi connectivity index (χ0v) is 6.77. The molecule has 1 aromatic carbocycles. The van der Waals surface area contributed by atoms with Crippen molar-refractivity contribution in [2.45, 2.75) is 6.92 Å². The van der Waals surface area contributed by atoms with E-state index in [4.69, 9.17) is 10.8 Å². The quantitative estimate of drug-likeness (QED) is 0.655. The van der Waals surface area contributed by atoms with Crippen molar-refractivity contribution in [3.8, 4) is 0 Å². The van der Waals surface area contributed by atoms with Gasteiger partial charge in [-0.15, -0.1) is 0 Å². The highest BCUT2D eigenvalue weighted by Gasteiger charge is 2.17. The molecule has 0 amide bonds. The second kappa shape index (κ2) is 3.01. The summed E-state index contributed by atoms with van der Waals surface area (Å²) in [6, 6.07) is 0.764. The summed E-state index contributed by atoms with van der Waals surface area (Å²) in [4.78, 5) is 10.4. The van der Waals surface area contributed by atoms with Gasteiger partial charge in [0.05, 0.1) is 11.3 Å². The van der Waals surface area contributed by atoms with E-state index in [0.717, 1.165) is 13.0 Å². The van der Waals surface area contributed by atoms with E-state index in [1.54, 1.807) is 0 Å². The van der Waals surface area contributed by atoms with Crippen LogP contribution in [0.3, 0.4) is 0 Å². The van der Waals surface area contributed by atoms with Gasteiger partial charge in [-0.1, -0.05) is 0 Å². The average molecular weight is 187 g/mol. The van der Waals surface area contributed by atoms with Crippen molar-refractivity contribution in [2.24, 2.45) is 0 Å². The maximum atomic E-state index is 13.0. The van der Waals surface area contributed by atoms with Crippen molar-refractivity contribution in [1.29, 1.82) is 0 Å². The molecule has 0 saturated heterocycles. The van der Waals surface area contributed by atoms with Gasteiger partial charge in [-0.2, -0.15) is 0 Å². The third-order valence-corrected chi connectivity index (χ3v) is 1.68. The van der Waals surface area contributed by atoms with Gasteiger partial charge in [0.2, 0.25) is 0 Å². The minimum Gasteiger partial charge on any atom is -0.478 e. The molecule has 3 N–H and O–H groups in total. The van der Waals surface area contributed by atoms with Crippen molar-refractivity contribution in [1.82, 2.24) is 0 Å². The van der Waals surface area contributed by atoms with Crippen LogP contribution in [0.25, 0.3) is 0 Å². The predicted octanol–water partition coefficient (Wildman–Crippen LogP) is 1.55. The summed E-state index contributed by atoms with van der Waals surface area (Å²) in [7, 11) is 0. The zero-order chi connectivity index (χ0) is 10.2. The van der Waals surface area contributed by atoms with Crippen molar-refractivity contribution >= 4 is 11.7 Å². The number of carboxylic acids is 1. The highest BCUT2D eigenvalue weighted by Crippen LogP contribution is 2.21. The zero-order valence-electron chi connectivity index (χ0n) is 6.77. The Balaban J connectivity index is 3.50. The Kier molecular flexibility index (Phi) is 2.18. The smallest absolute Gasteiger partial charge is 0.338 e. The number of hydrogen-bond acceptors (Lipinski definition) is 2. The SMILES string of the molecule is Cc1c(F)c(N)cc(C(=O)O)c1F. The van der Waals surface area contributed by atoms with Crippen LogP contribution in [0.1, 0.15) is 15.9 Å². The van der Waals surface area contributed by atoms with Crippen molar-refractivity contribution < 1.29 is 18.7 Å². The molecule has 0 unspecified atom stereocenters. The molecule has 13 heavy (non-hydrogen) atoms. The third kappa shape index (κ3) is 1.44. The summed E-state index contributed by atoms with van der Waals surface area (Å²) in [5.74, 6) is -3.46. The monoisotopic (exact) mass is 187 g/mol. The molecule has 0 spiro atoms. The van der Waals surface area contributed by atoms with Crippen LogP contribution < -0.4 is 5.73 Å². The average Bonchev–Trinajstić information content (AvgIpc) is 2.07. The van der Waals surface area contributed by atoms with E-state index in [-0.39, 0.29) is 11.3 Å². The van der Waals surface area contributed by atoms with Crippen molar-refractivity contribution in [3.05, 3.63) is 28.8 Å². The van der Waals surface area contributed by atoms with Gasteiger partial charge in [-0.3, -0.25) is 0 Å². The summed E-state index contributed by atoms with van der Waals surface area (Å²) >= 11 is 0. The largest absolute Gasteiger partial charge is 0.478 e. The Bertz CT molecular complexity index is 377. The van der Waals surface area contributed by atoms with E-state index in [0.29, 0.717) is 0 Å². The number of aromatic carboxylic acids is 1. The molecule has 0 aromatic heterocycles. The molecule has 0 heterocycles. The Morgan fingerprint density at radius 2 is 2.00 bits per heavy atom. The van der Waals surface area contributed by atoms with E-state index >= 15 is 0 Å². The van der Waals surface area contributed by atoms with Crippen LogP contribution in [-0.2, 0) is 0 Å². The second-order valence-corrected chi connectivity index (χ2v) is 2.57. The molecular formula is C8H7F2NO2. The number of carbonyl (C=O) groups is 1. The number of carboxylic acid groups (broad SMARTS) is 1. The summed E-state index contributed by atoms with van der Waals surface area (Å²) in [5.41, 5.74) is 3.77. The Morgan fingerprint density at radius 1 is 1.46 bits per heavy atom. The van der Waals surface area contributed by atoms with Gasteiger partial charge >= 0.3 is 5.97 Å². The second-order valence-electron chi connectivity index (χ2n) is 2.57. The lowest BCUT2D eigenvalue weighted by atomic mass is 10.1. The van der Waals surface area contributed by atoms with Gasteiger partial charge in [0, 0.05) is 5.56 Å². The topological polar surface area (TPSA) is 63.3 Å². The van der Waals surface area contributed by atoms with Gasteiger partial charge in [0.1, 0.15) is 5.82 Å². The molecule has 0 fully saturated rings. The lowest BCUT2D eigenvalue weighted by Crippen LogP contribution is -2.06. The minimum atomic E-state index is -1.47. The molecule has 0 aliphatic rings. The first-order chi connectivity index (χ1) is 5.95. The van der Waals surface area contributed by atoms with E-state index in [2.05, 4.69) is 0 Å². The number of nitrogens with two attached hydrogens (primary N) is 1. The van der Waals surface area contributed by atoms with E-state index in [1.807, 2.05) is 0 Å². The first-order valence-corrected chi connectivity index (χ1v) is 3.42. The molecule has 70 valence electrons. The fourth-order valence-electron chi connectivity index (χ4n) is 0.953.